The molecule has 0 bridgehead atoms. The van der Waals surface area contributed by atoms with E-state index in [2.05, 4.69) is 15.2 Å². The van der Waals surface area contributed by atoms with E-state index in [9.17, 15) is 22.4 Å². The molecule has 2 N–H and O–H groups in total. The molecule has 1 saturated carbocycles. The maximum absolute atomic E-state index is 14.2. The van der Waals surface area contributed by atoms with Crippen molar-refractivity contribution in [3.63, 3.8) is 0 Å². The Hall–Kier alpha value is -3.73. The Balaban J connectivity index is 1.58. The number of anilines is 1. The van der Waals surface area contributed by atoms with Gasteiger partial charge in [0.05, 0.1) is 4.90 Å². The first-order valence-corrected chi connectivity index (χ1v) is 15.4. The van der Waals surface area contributed by atoms with E-state index in [-0.39, 0.29) is 34.9 Å². The van der Waals surface area contributed by atoms with E-state index in [4.69, 9.17) is 4.52 Å². The van der Waals surface area contributed by atoms with Crippen molar-refractivity contribution < 1.29 is 26.9 Å². The van der Waals surface area contributed by atoms with Gasteiger partial charge in [-0.3, -0.25) is 14.3 Å². The van der Waals surface area contributed by atoms with Crippen molar-refractivity contribution in [1.29, 1.82) is 0 Å². The number of aryl methyl sites for hydroxylation is 1. The lowest BCUT2D eigenvalue weighted by Crippen LogP contribution is -2.52. The summed E-state index contributed by atoms with van der Waals surface area (Å²) in [6, 6.07) is 12.9. The van der Waals surface area contributed by atoms with E-state index in [0.717, 1.165) is 18.4 Å². The molecule has 4 rings (SSSR count). The molecule has 3 aromatic rings. The lowest BCUT2D eigenvalue weighted by atomic mass is 9.99. The molecule has 0 spiro atoms. The predicted octanol–water partition coefficient (Wildman–Crippen LogP) is 5.27. The fourth-order valence-corrected chi connectivity index (χ4v) is 5.93. The smallest absolute Gasteiger partial charge is 0.263 e. The molecule has 0 aliphatic heterocycles. The maximum atomic E-state index is 14.2. The first-order valence-electron chi connectivity index (χ1n) is 13.9. The van der Waals surface area contributed by atoms with Crippen LogP contribution in [0.3, 0.4) is 0 Å². The largest absolute Gasteiger partial charge is 0.356 e. The van der Waals surface area contributed by atoms with E-state index in [1.165, 1.54) is 13.0 Å². The van der Waals surface area contributed by atoms with Gasteiger partial charge in [-0.15, -0.1) is 0 Å². The van der Waals surface area contributed by atoms with Gasteiger partial charge >= 0.3 is 0 Å². The number of carbonyl (C=O) groups excluding carboxylic acids is 2. The minimum absolute atomic E-state index is 0.0558. The van der Waals surface area contributed by atoms with Crippen molar-refractivity contribution in [2.45, 2.75) is 70.9 Å². The molecule has 1 aromatic heterocycles. The number of sulfonamides is 1. The van der Waals surface area contributed by atoms with Gasteiger partial charge in [0.25, 0.3) is 10.0 Å². The zero-order chi connectivity index (χ0) is 29.7. The Labute approximate surface area is 240 Å². The van der Waals surface area contributed by atoms with Gasteiger partial charge in [-0.25, -0.2) is 8.42 Å². The van der Waals surface area contributed by atoms with E-state index in [1.54, 1.807) is 35.2 Å². The Bertz CT molecular complexity index is 1480. The van der Waals surface area contributed by atoms with Crippen LogP contribution < -0.4 is 10.0 Å². The van der Waals surface area contributed by atoms with Crippen molar-refractivity contribution >= 4 is 27.7 Å². The molecular weight excluding hydrogens is 547 g/mol. The van der Waals surface area contributed by atoms with Gasteiger partial charge in [0.2, 0.25) is 23.4 Å². The second-order valence-electron chi connectivity index (χ2n) is 10.8. The predicted molar refractivity (Wildman–Crippen MR) is 154 cm³/mol. The number of hydrogen-bond acceptors (Lipinski definition) is 6. The van der Waals surface area contributed by atoms with Crippen molar-refractivity contribution in [2.75, 3.05) is 11.3 Å². The first-order chi connectivity index (χ1) is 19.5. The molecule has 220 valence electrons. The second-order valence-corrected chi connectivity index (χ2v) is 12.5. The van der Waals surface area contributed by atoms with Crippen LogP contribution in [0, 0.1) is 24.6 Å². The Morgan fingerprint density at radius 1 is 1.12 bits per heavy atom. The molecule has 0 unspecified atom stereocenters. The van der Waals surface area contributed by atoms with Crippen LogP contribution in [0.15, 0.2) is 57.9 Å². The van der Waals surface area contributed by atoms with Crippen LogP contribution in [0.4, 0.5) is 10.2 Å². The summed E-state index contributed by atoms with van der Waals surface area (Å²) in [5, 5.41) is 6.49. The summed E-state index contributed by atoms with van der Waals surface area (Å²) in [4.78, 5) is 28.0. The Morgan fingerprint density at radius 2 is 1.80 bits per heavy atom. The van der Waals surface area contributed by atoms with Crippen molar-refractivity contribution in [1.82, 2.24) is 15.4 Å². The van der Waals surface area contributed by atoms with E-state index in [1.807, 2.05) is 32.9 Å². The lowest BCUT2D eigenvalue weighted by Gasteiger charge is -2.34. The number of benzene rings is 2. The summed E-state index contributed by atoms with van der Waals surface area (Å²) in [5.74, 6) is -1.30. The molecule has 0 radical (unpaired) electrons. The normalized spacial score (nSPS) is 14.1. The molecule has 11 heteroatoms. The highest BCUT2D eigenvalue weighted by Crippen LogP contribution is 2.31. The van der Waals surface area contributed by atoms with Gasteiger partial charge in [-0.1, -0.05) is 68.4 Å². The second kappa shape index (κ2) is 12.8. The van der Waals surface area contributed by atoms with Gasteiger partial charge in [0.1, 0.15) is 6.04 Å². The van der Waals surface area contributed by atoms with Crippen LogP contribution in [0.1, 0.15) is 57.8 Å². The third kappa shape index (κ3) is 7.32. The van der Waals surface area contributed by atoms with Gasteiger partial charge in [-0.05, 0) is 55.2 Å². The standard InChI is InChI=1S/C30H37FN4O5S/c1-5-8-26(36)35(28(19(2)3)30(37)32-17-21-11-12-21)18-22-13-15-23(16-14-22)24-9-6-7-10-25(24)41(38,39)34-29-27(31)20(4)40-33-29/h6-7,9-10,13-16,19,21,28H,5,8,11-12,17-18H2,1-4H3,(H,32,37)(H,33,34)/t28-/m0/s1. The summed E-state index contributed by atoms with van der Waals surface area (Å²) in [6.45, 7) is 8.03. The molecular formula is C30H37FN4O5S. The molecule has 1 heterocycles. The third-order valence-corrected chi connectivity index (χ3v) is 8.50. The van der Waals surface area contributed by atoms with Crippen molar-refractivity contribution in [3.8, 4) is 11.1 Å². The van der Waals surface area contributed by atoms with E-state index in [0.29, 0.717) is 36.4 Å². The molecule has 41 heavy (non-hydrogen) atoms. The summed E-state index contributed by atoms with van der Waals surface area (Å²) < 4.78 is 47.4. The van der Waals surface area contributed by atoms with E-state index >= 15 is 0 Å². The quantitative estimate of drug-likeness (QED) is 0.282. The van der Waals surface area contributed by atoms with Crippen LogP contribution in [-0.2, 0) is 26.2 Å². The highest BCUT2D eigenvalue weighted by Gasteiger charge is 2.33. The van der Waals surface area contributed by atoms with E-state index < -0.39 is 27.7 Å². The first kappa shape index (κ1) is 30.2. The Morgan fingerprint density at radius 3 is 2.39 bits per heavy atom. The summed E-state index contributed by atoms with van der Waals surface area (Å²) in [5.41, 5.74) is 1.82. The number of aromatic nitrogens is 1. The van der Waals surface area contributed by atoms with Crippen molar-refractivity contribution in [3.05, 3.63) is 65.7 Å². The number of nitrogens with one attached hydrogen (secondary N) is 2. The number of rotatable bonds is 13. The van der Waals surface area contributed by atoms with Crippen LogP contribution >= 0.6 is 0 Å². The zero-order valence-electron chi connectivity index (χ0n) is 23.8. The molecule has 9 nitrogen and oxygen atoms in total. The van der Waals surface area contributed by atoms with Crippen LogP contribution in [0.25, 0.3) is 11.1 Å². The van der Waals surface area contributed by atoms with Crippen LogP contribution in [-0.4, -0.2) is 42.9 Å². The van der Waals surface area contributed by atoms with Crippen molar-refractivity contribution in [2.24, 2.45) is 11.8 Å². The van der Waals surface area contributed by atoms with Crippen LogP contribution in [0.5, 0.6) is 0 Å². The molecule has 1 aliphatic rings. The molecule has 1 fully saturated rings. The number of nitrogens with zero attached hydrogens (tertiary/aromatic N) is 2. The fraction of sp³-hybridized carbons (Fsp3) is 0.433. The third-order valence-electron chi connectivity index (χ3n) is 7.10. The number of amides is 2. The molecule has 1 atom stereocenters. The number of carbonyl (C=O) groups is 2. The highest BCUT2D eigenvalue weighted by molar-refractivity contribution is 7.92. The SMILES string of the molecule is CCCC(=O)N(Cc1ccc(-c2ccccc2S(=O)(=O)Nc2noc(C)c2F)cc1)[C@H](C(=O)NCC1CC1)C(C)C. The zero-order valence-corrected chi connectivity index (χ0v) is 24.6. The minimum Gasteiger partial charge on any atom is -0.356 e. The lowest BCUT2D eigenvalue weighted by molar-refractivity contribution is -0.143. The van der Waals surface area contributed by atoms with Crippen LogP contribution in [0.2, 0.25) is 0 Å². The number of halogens is 1. The molecule has 2 aromatic carbocycles. The Kier molecular flexibility index (Phi) is 9.47. The fourth-order valence-electron chi connectivity index (χ4n) is 4.71. The average molecular weight is 585 g/mol. The average Bonchev–Trinajstić information content (AvgIpc) is 3.73. The summed E-state index contributed by atoms with van der Waals surface area (Å²) in [7, 11) is -4.20. The molecule has 2 amide bonds. The summed E-state index contributed by atoms with van der Waals surface area (Å²) in [6.07, 6.45) is 3.24. The maximum Gasteiger partial charge on any atom is 0.263 e. The van der Waals surface area contributed by atoms with Gasteiger partial charge in [-0.2, -0.15) is 4.39 Å². The molecule has 1 aliphatic carbocycles. The van der Waals surface area contributed by atoms with Gasteiger partial charge in [0, 0.05) is 25.1 Å². The molecule has 0 saturated heterocycles. The highest BCUT2D eigenvalue weighted by atomic mass is 32.2. The number of hydrogen-bond donors (Lipinski definition) is 2. The van der Waals surface area contributed by atoms with Gasteiger partial charge in [0.15, 0.2) is 5.76 Å². The van der Waals surface area contributed by atoms with Gasteiger partial charge < -0.3 is 14.7 Å². The minimum atomic E-state index is -4.20. The summed E-state index contributed by atoms with van der Waals surface area (Å²) >= 11 is 0. The topological polar surface area (TPSA) is 122 Å². The monoisotopic (exact) mass is 584 g/mol.